The topological polar surface area (TPSA) is 17.1 Å². The predicted molar refractivity (Wildman–Crippen MR) is 57.1 cm³/mol. The Morgan fingerprint density at radius 2 is 1.64 bits per heavy atom. The van der Waals surface area contributed by atoms with Gasteiger partial charge in [-0.1, -0.05) is 36.4 Å². The molecule has 1 fully saturated rings. The Labute approximate surface area is 81.8 Å². The molecule has 1 unspecified atom stereocenters. The van der Waals surface area contributed by atoms with Crippen molar-refractivity contribution in [3.8, 4) is 0 Å². The van der Waals surface area contributed by atoms with Gasteiger partial charge >= 0.3 is 0 Å². The van der Waals surface area contributed by atoms with E-state index < -0.39 is 7.14 Å². The lowest BCUT2D eigenvalue weighted by molar-refractivity contribution is 0.596. The molecule has 4 rings (SSSR count). The minimum atomic E-state index is -1.93. The van der Waals surface area contributed by atoms with Gasteiger partial charge in [0.25, 0.3) is 0 Å². The summed E-state index contributed by atoms with van der Waals surface area (Å²) in [4.78, 5) is 0. The average molecular weight is 198 g/mol. The summed E-state index contributed by atoms with van der Waals surface area (Å²) in [5, 5.41) is 3.47. The summed E-state index contributed by atoms with van der Waals surface area (Å²) < 4.78 is 11.9. The van der Waals surface area contributed by atoms with Gasteiger partial charge in [0.05, 0.1) is 0 Å². The van der Waals surface area contributed by atoms with Gasteiger partial charge in [-0.2, -0.15) is 0 Å². The standard InChI is InChI=1S/C12H7OP/c13-14-10-7-6-9(11(14)12(10)14)8-4-2-1-3-5-8/h1-7H. The molecule has 0 N–H and O–H groups in total. The van der Waals surface area contributed by atoms with Gasteiger partial charge in [0.2, 0.25) is 0 Å². The molecule has 1 aromatic rings. The van der Waals surface area contributed by atoms with Gasteiger partial charge < -0.3 is 4.57 Å². The Hall–Kier alpha value is -1.33. The highest BCUT2D eigenvalue weighted by molar-refractivity contribution is 7.95. The lowest BCUT2D eigenvalue weighted by atomic mass is 10.0. The van der Waals surface area contributed by atoms with Crippen LogP contribution in [0.15, 0.2) is 58.4 Å². The van der Waals surface area contributed by atoms with Crippen molar-refractivity contribution in [1.29, 1.82) is 0 Å². The average Bonchev–Trinajstić information content (AvgIpc) is 3.08. The molecule has 1 nitrogen and oxygen atoms in total. The van der Waals surface area contributed by atoms with Crippen molar-refractivity contribution in [3.63, 3.8) is 0 Å². The SMILES string of the molecule is O=P12c3ccc(-c4ccccc4)c1c32. The van der Waals surface area contributed by atoms with Gasteiger partial charge in [-0.25, -0.2) is 0 Å². The molecule has 1 atom stereocenters. The molecule has 0 spiro atoms. The molecule has 3 aliphatic rings. The first-order valence-corrected chi connectivity index (χ1v) is 6.38. The van der Waals surface area contributed by atoms with E-state index in [-0.39, 0.29) is 0 Å². The predicted octanol–water partition coefficient (Wildman–Crippen LogP) is 3.57. The number of rotatable bonds is 1. The summed E-state index contributed by atoms with van der Waals surface area (Å²) in [5.74, 6) is 0. The molecule has 1 aromatic carbocycles. The van der Waals surface area contributed by atoms with E-state index in [2.05, 4.69) is 18.2 Å². The van der Waals surface area contributed by atoms with E-state index in [9.17, 15) is 4.57 Å². The van der Waals surface area contributed by atoms with E-state index in [0.29, 0.717) is 0 Å². The summed E-state index contributed by atoms with van der Waals surface area (Å²) in [6, 6.07) is 10.2. The Bertz CT molecular complexity index is 602. The van der Waals surface area contributed by atoms with Crippen LogP contribution in [0.5, 0.6) is 0 Å². The van der Waals surface area contributed by atoms with E-state index in [0.717, 1.165) is 10.6 Å². The number of allylic oxidation sites excluding steroid dienone is 6. The van der Waals surface area contributed by atoms with Gasteiger partial charge in [-0.05, 0) is 17.2 Å². The van der Waals surface area contributed by atoms with Crippen LogP contribution < -0.4 is 0 Å². The molecule has 0 aromatic heterocycles. The second kappa shape index (κ2) is 1.87. The third-order valence-corrected chi connectivity index (χ3v) is 5.88. The molecule has 0 radical (unpaired) electrons. The van der Waals surface area contributed by atoms with Crippen LogP contribution in [0.1, 0.15) is 5.56 Å². The highest BCUT2D eigenvalue weighted by atomic mass is 31.2. The summed E-state index contributed by atoms with van der Waals surface area (Å²) >= 11 is 0. The van der Waals surface area contributed by atoms with Gasteiger partial charge in [-0.15, -0.1) is 0 Å². The van der Waals surface area contributed by atoms with Gasteiger partial charge in [-0.3, -0.25) is 0 Å². The maximum atomic E-state index is 11.9. The highest BCUT2D eigenvalue weighted by Crippen LogP contribution is 3.04. The molecule has 0 amide bonds. The Morgan fingerprint density at radius 1 is 0.929 bits per heavy atom. The van der Waals surface area contributed by atoms with Crippen molar-refractivity contribution in [3.05, 3.63) is 64.0 Å². The molecule has 66 valence electrons. The van der Waals surface area contributed by atoms with Crippen LogP contribution in [0, 0.1) is 0 Å². The molecule has 14 heavy (non-hydrogen) atoms. The molecule has 0 bridgehead atoms. The first kappa shape index (κ1) is 7.03. The van der Waals surface area contributed by atoms with Crippen molar-refractivity contribution in [2.45, 2.75) is 0 Å². The lowest BCUT2D eigenvalue weighted by Crippen LogP contribution is -1.86. The Morgan fingerprint density at radius 3 is 2.29 bits per heavy atom. The highest BCUT2D eigenvalue weighted by Gasteiger charge is 2.72. The molecule has 2 heteroatoms. The van der Waals surface area contributed by atoms with Gasteiger partial charge in [0.1, 0.15) is 0 Å². The molecular formula is C12H7OP. The minimum Gasteiger partial charge on any atom is -0.309 e. The summed E-state index contributed by atoms with van der Waals surface area (Å²) in [7, 11) is -1.93. The summed E-state index contributed by atoms with van der Waals surface area (Å²) in [6.45, 7) is 0. The zero-order valence-corrected chi connectivity index (χ0v) is 8.29. The molecule has 1 saturated heterocycles. The van der Waals surface area contributed by atoms with Crippen molar-refractivity contribution < 1.29 is 4.57 Å². The number of fused-ring (bicyclic) bond motifs is 1. The fourth-order valence-corrected chi connectivity index (χ4v) is 5.07. The van der Waals surface area contributed by atoms with E-state index in [4.69, 9.17) is 0 Å². The van der Waals surface area contributed by atoms with Crippen molar-refractivity contribution >= 4 is 12.7 Å². The maximum Gasteiger partial charge on any atom is 0.174 e. The first-order chi connectivity index (χ1) is 6.83. The second-order valence-corrected chi connectivity index (χ2v) is 6.40. The summed E-state index contributed by atoms with van der Waals surface area (Å²) in [5.41, 5.74) is 2.37. The van der Waals surface area contributed by atoms with Crippen LogP contribution in [-0.4, -0.2) is 0 Å². The molecular weight excluding hydrogens is 191 g/mol. The minimum absolute atomic E-state index is 1.13. The van der Waals surface area contributed by atoms with Crippen molar-refractivity contribution in [2.24, 2.45) is 0 Å². The van der Waals surface area contributed by atoms with E-state index in [1.165, 1.54) is 16.5 Å². The number of hydrogen-bond donors (Lipinski definition) is 0. The first-order valence-electron chi connectivity index (χ1n) is 4.67. The third-order valence-electron chi connectivity index (χ3n) is 3.08. The smallest absolute Gasteiger partial charge is 0.174 e. The quantitative estimate of drug-likeness (QED) is 0.630. The lowest BCUT2D eigenvalue weighted by Gasteiger charge is -2.08. The van der Waals surface area contributed by atoms with Gasteiger partial charge in [0.15, 0.2) is 7.14 Å². The fourth-order valence-electron chi connectivity index (χ4n) is 2.24. The fraction of sp³-hybridized carbons (Fsp3) is 0. The van der Waals surface area contributed by atoms with Crippen molar-refractivity contribution in [2.75, 3.05) is 0 Å². The monoisotopic (exact) mass is 198 g/mol. The molecule has 3 heterocycles. The maximum absolute atomic E-state index is 11.9. The number of hydrogen-bond acceptors (Lipinski definition) is 1. The molecule has 3 aliphatic heterocycles. The zero-order valence-electron chi connectivity index (χ0n) is 7.40. The zero-order chi connectivity index (χ0) is 9.34. The Balaban J connectivity index is 1.91. The molecule has 0 saturated carbocycles. The van der Waals surface area contributed by atoms with Crippen LogP contribution in [-0.2, 0) is 4.57 Å². The van der Waals surface area contributed by atoms with E-state index >= 15 is 0 Å². The van der Waals surface area contributed by atoms with Crippen molar-refractivity contribution in [1.82, 2.24) is 0 Å². The normalized spacial score (nSPS) is 30.6. The summed E-state index contributed by atoms with van der Waals surface area (Å²) in [6.07, 6.45) is 4.11. The third kappa shape index (κ3) is 0.575. The molecule has 0 aliphatic carbocycles. The van der Waals surface area contributed by atoms with E-state index in [1.807, 2.05) is 24.3 Å². The van der Waals surface area contributed by atoms with Crippen LogP contribution in [0.25, 0.3) is 5.57 Å². The Kier molecular flexibility index (Phi) is 0.938. The van der Waals surface area contributed by atoms with Gasteiger partial charge in [0, 0.05) is 15.9 Å². The van der Waals surface area contributed by atoms with Crippen LogP contribution in [0.3, 0.4) is 0 Å². The van der Waals surface area contributed by atoms with Crippen LogP contribution in [0.2, 0.25) is 0 Å². The number of benzene rings is 1. The largest absolute Gasteiger partial charge is 0.309 e. The van der Waals surface area contributed by atoms with Crippen LogP contribution in [0.4, 0.5) is 0 Å². The van der Waals surface area contributed by atoms with E-state index in [1.54, 1.807) is 0 Å². The van der Waals surface area contributed by atoms with Crippen LogP contribution >= 0.6 is 7.14 Å². The second-order valence-electron chi connectivity index (χ2n) is 3.80.